The van der Waals surface area contributed by atoms with Gasteiger partial charge in [0.15, 0.2) is 25.2 Å². The van der Waals surface area contributed by atoms with Gasteiger partial charge in [-0.15, -0.1) is 0 Å². The van der Waals surface area contributed by atoms with Gasteiger partial charge in [-0.1, -0.05) is 12.8 Å². The first kappa shape index (κ1) is 69.0. The Morgan fingerprint density at radius 3 is 1.34 bits per heavy atom. The molecule has 464 valence electrons. The third kappa shape index (κ3) is 21.6. The van der Waals surface area contributed by atoms with E-state index in [2.05, 4.69) is 26.6 Å². The minimum atomic E-state index is -1.97. The number of nitrogens with zero attached hydrogens (tertiary/aromatic N) is 1. The molecule has 0 aromatic heterocycles. The van der Waals surface area contributed by atoms with Crippen LogP contribution in [0, 0.1) is 0 Å². The summed E-state index contributed by atoms with van der Waals surface area (Å²) in [6.07, 6.45) is -28.7. The number of hydrogen-bond donors (Lipinski definition) is 18. The number of aliphatic hydroxyl groups is 13. The summed E-state index contributed by atoms with van der Waals surface area (Å²) < 4.78 is 44.3. The van der Waals surface area contributed by atoms with Gasteiger partial charge in [0.2, 0.25) is 29.5 Å². The zero-order valence-corrected chi connectivity index (χ0v) is 45.0. The fraction of sp³-hybridized carbons (Fsp3) is 0.896. The van der Waals surface area contributed by atoms with Crippen LogP contribution in [0.15, 0.2) is 0 Å². The molecule has 4 aliphatic heterocycles. The molecule has 4 rings (SSSR count). The van der Waals surface area contributed by atoms with Crippen molar-refractivity contribution in [2.45, 2.75) is 188 Å². The maximum Gasteiger partial charge on any atom is 0.234 e. The van der Waals surface area contributed by atoms with Crippen molar-refractivity contribution in [3.63, 3.8) is 0 Å². The van der Waals surface area contributed by atoms with Crippen LogP contribution in [0.3, 0.4) is 0 Å². The molecule has 0 unspecified atom stereocenters. The number of carbonyl (C=O) groups excluding carboxylic acids is 5. The first-order valence-electron chi connectivity index (χ1n) is 27.0. The standard InChI is InChI=1S/C48H86N6O26/c1-3-49-28(57)10-6-4-8-12-50-30(59)18-54(19-31(60)51-13-9-5-7-11-29(58)52-14-16-73-45-40(69)37(66)33(62)24(2)76-45)20-32(61)53-15-17-74-47-43(72)44(80-48-42(71)39(68)35(64)26(22-56)78-48)36(65)27(79-47)23-75-46-41(70)38(67)34(63)25(21-55)77-46/h24-27,33-48,55-56,62-72H,3-23H2,1-2H3,(H,49,57)(H,50,59)(H,51,60)(H,52,58)(H,53,61)/t24-,25+,26+,27+,33+,34+,35+,36+,37+,38-,39-,40-,41-,42-,43-,44-,45+,46-,47-,48+/m0/s1. The predicted molar refractivity (Wildman–Crippen MR) is 267 cm³/mol. The summed E-state index contributed by atoms with van der Waals surface area (Å²) in [5.41, 5.74) is 0. The first-order chi connectivity index (χ1) is 38.1. The average molecular weight is 1160 g/mol. The highest BCUT2D eigenvalue weighted by atomic mass is 16.8. The summed E-state index contributed by atoms with van der Waals surface area (Å²) in [4.78, 5) is 64.8. The van der Waals surface area contributed by atoms with E-state index in [0.717, 1.165) is 0 Å². The van der Waals surface area contributed by atoms with Crippen molar-refractivity contribution in [1.82, 2.24) is 31.5 Å². The number of rotatable bonds is 34. The zero-order chi connectivity index (χ0) is 59.1. The molecular weight excluding hydrogens is 1080 g/mol. The Balaban J connectivity index is 1.29. The summed E-state index contributed by atoms with van der Waals surface area (Å²) in [6, 6.07) is 0. The second-order valence-corrected chi connectivity index (χ2v) is 19.9. The molecule has 18 N–H and O–H groups in total. The molecule has 0 aromatic carbocycles. The predicted octanol–water partition coefficient (Wildman–Crippen LogP) is -9.68. The van der Waals surface area contributed by atoms with Gasteiger partial charge in [0.25, 0.3) is 0 Å². The summed E-state index contributed by atoms with van der Waals surface area (Å²) >= 11 is 0. The Labute approximate surface area is 461 Å². The Hall–Kier alpha value is -3.53. The number of ether oxygens (including phenoxy) is 8. The van der Waals surface area contributed by atoms with Gasteiger partial charge in [0.05, 0.1) is 58.8 Å². The van der Waals surface area contributed by atoms with E-state index in [9.17, 15) is 90.4 Å². The van der Waals surface area contributed by atoms with Gasteiger partial charge in [-0.25, -0.2) is 0 Å². The normalized spacial score (nSPS) is 34.6. The van der Waals surface area contributed by atoms with Crippen molar-refractivity contribution in [2.24, 2.45) is 0 Å². The molecule has 4 heterocycles. The van der Waals surface area contributed by atoms with Crippen molar-refractivity contribution in [3.8, 4) is 0 Å². The highest BCUT2D eigenvalue weighted by Crippen LogP contribution is 2.31. The van der Waals surface area contributed by atoms with E-state index in [-0.39, 0.29) is 64.1 Å². The molecule has 4 saturated heterocycles. The lowest BCUT2D eigenvalue weighted by Gasteiger charge is -2.46. The summed E-state index contributed by atoms with van der Waals surface area (Å²) in [7, 11) is 0. The molecule has 20 atom stereocenters. The van der Waals surface area contributed by atoms with Gasteiger partial charge in [-0.2, -0.15) is 0 Å². The summed E-state index contributed by atoms with van der Waals surface area (Å²) in [6.45, 7) is 0.135. The summed E-state index contributed by atoms with van der Waals surface area (Å²) in [5.74, 6) is -2.03. The molecule has 5 amide bonds. The number of unbranched alkanes of at least 4 members (excludes halogenated alkanes) is 4. The van der Waals surface area contributed by atoms with Crippen molar-refractivity contribution >= 4 is 29.5 Å². The van der Waals surface area contributed by atoms with Crippen LogP contribution in [-0.2, 0) is 61.9 Å². The van der Waals surface area contributed by atoms with Crippen LogP contribution < -0.4 is 26.6 Å². The minimum absolute atomic E-state index is 0.0318. The Bertz CT molecular complexity index is 1850. The van der Waals surface area contributed by atoms with E-state index in [1.165, 1.54) is 11.8 Å². The second-order valence-electron chi connectivity index (χ2n) is 19.9. The van der Waals surface area contributed by atoms with Gasteiger partial charge in [-0.3, -0.25) is 28.9 Å². The van der Waals surface area contributed by atoms with E-state index in [0.29, 0.717) is 51.5 Å². The molecule has 0 radical (unpaired) electrons. The zero-order valence-electron chi connectivity index (χ0n) is 45.0. The van der Waals surface area contributed by atoms with E-state index < -0.39 is 174 Å². The van der Waals surface area contributed by atoms with Crippen LogP contribution in [0.1, 0.15) is 65.2 Å². The first-order valence-corrected chi connectivity index (χ1v) is 27.0. The monoisotopic (exact) mass is 1160 g/mol. The van der Waals surface area contributed by atoms with Gasteiger partial charge in [0.1, 0.15) is 91.6 Å². The molecular formula is C48H86N6O26. The molecule has 0 spiro atoms. The fourth-order valence-corrected chi connectivity index (χ4v) is 8.90. The fourth-order valence-electron chi connectivity index (χ4n) is 8.90. The lowest BCUT2D eigenvalue weighted by molar-refractivity contribution is -0.366. The SMILES string of the molecule is CCNC(=O)CCCCCNC(=O)CN(CC(=O)NCCCCCC(=O)NCCO[C@@H]1O[C@@H](C)[C@@H](O)[C@@H](O)[C@@H]1O)CC(=O)NCCO[C@H]1O[C@H](CO[C@H]2O[C@H](CO)[C@@H](O)[C@H](O)[C@@H]2O)[C@@H](O)[C@H](O[C@H]2O[C@H](CO)[C@@H](O)[C@H](O)[C@@H]2O)[C@@H]1O. The lowest BCUT2D eigenvalue weighted by Crippen LogP contribution is -2.65. The molecule has 80 heavy (non-hydrogen) atoms. The molecule has 32 nitrogen and oxygen atoms in total. The Kier molecular flexibility index (Phi) is 30.7. The topological polar surface area (TPSA) is 486 Å². The molecule has 0 aliphatic carbocycles. The lowest BCUT2D eigenvalue weighted by atomic mass is 9.96. The van der Waals surface area contributed by atoms with Crippen LogP contribution in [-0.4, -0.2) is 309 Å². The van der Waals surface area contributed by atoms with E-state index in [1.807, 2.05) is 6.92 Å². The van der Waals surface area contributed by atoms with Crippen molar-refractivity contribution in [3.05, 3.63) is 0 Å². The molecule has 4 fully saturated rings. The molecule has 0 aromatic rings. The van der Waals surface area contributed by atoms with Gasteiger partial charge in [-0.05, 0) is 39.5 Å². The molecule has 0 bridgehead atoms. The van der Waals surface area contributed by atoms with E-state index in [1.54, 1.807) is 0 Å². The van der Waals surface area contributed by atoms with Gasteiger partial charge < -0.3 is 131 Å². The van der Waals surface area contributed by atoms with Gasteiger partial charge >= 0.3 is 0 Å². The van der Waals surface area contributed by atoms with Crippen LogP contribution in [0.5, 0.6) is 0 Å². The number of amides is 5. The summed E-state index contributed by atoms with van der Waals surface area (Å²) in [5, 5.41) is 147. The largest absolute Gasteiger partial charge is 0.394 e. The minimum Gasteiger partial charge on any atom is -0.394 e. The maximum atomic E-state index is 13.3. The third-order valence-corrected chi connectivity index (χ3v) is 13.6. The molecule has 4 aliphatic rings. The maximum absolute atomic E-state index is 13.3. The second kappa shape index (κ2) is 35.6. The van der Waals surface area contributed by atoms with Crippen molar-refractivity contribution in [2.75, 3.05) is 85.4 Å². The van der Waals surface area contributed by atoms with Crippen molar-refractivity contribution in [1.29, 1.82) is 0 Å². The van der Waals surface area contributed by atoms with Crippen molar-refractivity contribution < 1.29 is 128 Å². The number of nitrogens with one attached hydrogen (secondary N) is 5. The Morgan fingerprint density at radius 1 is 0.425 bits per heavy atom. The number of hydrogen-bond acceptors (Lipinski definition) is 27. The quantitative estimate of drug-likeness (QED) is 0.0266. The van der Waals surface area contributed by atoms with Gasteiger partial charge in [0, 0.05) is 45.6 Å². The van der Waals surface area contributed by atoms with E-state index in [4.69, 9.17) is 37.9 Å². The number of carbonyl (C=O) groups is 5. The number of aliphatic hydroxyl groups excluding tert-OH is 13. The Morgan fingerprint density at radius 2 is 0.838 bits per heavy atom. The average Bonchev–Trinajstić information content (AvgIpc) is 3.54. The highest BCUT2D eigenvalue weighted by Gasteiger charge is 2.52. The van der Waals surface area contributed by atoms with Crippen LogP contribution in [0.4, 0.5) is 0 Å². The highest BCUT2D eigenvalue weighted by molar-refractivity contribution is 5.84. The molecule has 0 saturated carbocycles. The third-order valence-electron chi connectivity index (χ3n) is 13.6. The van der Waals surface area contributed by atoms with E-state index >= 15 is 0 Å². The molecule has 32 heteroatoms. The van der Waals surface area contributed by atoms with Crippen LogP contribution in [0.2, 0.25) is 0 Å². The smallest absolute Gasteiger partial charge is 0.234 e. The van der Waals surface area contributed by atoms with Crippen LogP contribution in [0.25, 0.3) is 0 Å². The van der Waals surface area contributed by atoms with Crippen LogP contribution >= 0.6 is 0 Å².